The molecular weight excluding hydrogens is 409 g/mol. The Morgan fingerprint density at radius 1 is 1.03 bits per heavy atom. The van der Waals surface area contributed by atoms with Gasteiger partial charge >= 0.3 is 0 Å². The second-order valence-corrected chi connectivity index (χ2v) is 7.44. The number of aromatic nitrogens is 2. The van der Waals surface area contributed by atoms with Crippen molar-refractivity contribution in [2.24, 2.45) is 0 Å². The molecular formula is C25H24FN3O3. The highest BCUT2D eigenvalue weighted by molar-refractivity contribution is 5.95. The van der Waals surface area contributed by atoms with E-state index in [1.165, 1.54) is 19.2 Å². The molecule has 164 valence electrons. The third kappa shape index (κ3) is 4.27. The molecule has 4 rings (SSSR count). The Bertz CT molecular complexity index is 1250. The van der Waals surface area contributed by atoms with Gasteiger partial charge in [-0.2, -0.15) is 0 Å². The summed E-state index contributed by atoms with van der Waals surface area (Å²) in [5, 5.41) is 3.02. The SMILES string of the molecule is COc1ccc(C(=O)NC(C)c2nc3ccccc3n2Cc2ccc(F)cc2)cc1OC. The molecule has 1 heterocycles. The molecule has 4 aromatic rings. The van der Waals surface area contributed by atoms with E-state index in [1.807, 2.05) is 35.8 Å². The molecule has 1 unspecified atom stereocenters. The van der Waals surface area contributed by atoms with E-state index in [0.717, 1.165) is 16.6 Å². The van der Waals surface area contributed by atoms with Gasteiger partial charge in [-0.25, -0.2) is 9.37 Å². The van der Waals surface area contributed by atoms with Crippen LogP contribution in [0.3, 0.4) is 0 Å². The fraction of sp³-hybridized carbons (Fsp3) is 0.200. The molecule has 1 N–H and O–H groups in total. The fourth-order valence-electron chi connectivity index (χ4n) is 3.69. The summed E-state index contributed by atoms with van der Waals surface area (Å²) >= 11 is 0. The Hall–Kier alpha value is -3.87. The summed E-state index contributed by atoms with van der Waals surface area (Å²) in [6, 6.07) is 18.8. The van der Waals surface area contributed by atoms with Gasteiger partial charge in [0.25, 0.3) is 5.91 Å². The topological polar surface area (TPSA) is 65.4 Å². The van der Waals surface area contributed by atoms with E-state index in [4.69, 9.17) is 14.5 Å². The van der Waals surface area contributed by atoms with E-state index < -0.39 is 0 Å². The molecule has 0 aliphatic heterocycles. The normalized spacial score (nSPS) is 11.9. The number of halogens is 1. The lowest BCUT2D eigenvalue weighted by molar-refractivity contribution is 0.0937. The summed E-state index contributed by atoms with van der Waals surface area (Å²) in [7, 11) is 3.07. The second-order valence-electron chi connectivity index (χ2n) is 7.44. The number of benzene rings is 3. The first-order valence-corrected chi connectivity index (χ1v) is 10.2. The number of ether oxygens (including phenoxy) is 2. The maximum atomic E-state index is 13.3. The van der Waals surface area contributed by atoms with Crippen LogP contribution in [0.1, 0.15) is 34.7 Å². The number of hydrogen-bond donors (Lipinski definition) is 1. The van der Waals surface area contributed by atoms with Gasteiger partial charge in [-0.3, -0.25) is 4.79 Å². The number of fused-ring (bicyclic) bond motifs is 1. The summed E-state index contributed by atoms with van der Waals surface area (Å²) in [6.07, 6.45) is 0. The predicted octanol–water partition coefficient (Wildman–Crippen LogP) is 4.73. The lowest BCUT2D eigenvalue weighted by Crippen LogP contribution is -2.29. The van der Waals surface area contributed by atoms with Crippen LogP contribution in [0.25, 0.3) is 11.0 Å². The lowest BCUT2D eigenvalue weighted by Gasteiger charge is -2.17. The Morgan fingerprint density at radius 3 is 2.47 bits per heavy atom. The van der Waals surface area contributed by atoms with Gasteiger partial charge < -0.3 is 19.4 Å². The minimum absolute atomic E-state index is 0.251. The standard InChI is InChI=1S/C25H24FN3O3/c1-16(27-25(30)18-10-13-22(31-2)23(14-18)32-3)24-28-20-6-4-5-7-21(20)29(24)15-17-8-11-19(26)12-9-17/h4-14,16H,15H2,1-3H3,(H,27,30). The van der Waals surface area contributed by atoms with Gasteiger partial charge in [-0.15, -0.1) is 0 Å². The summed E-state index contributed by atoms with van der Waals surface area (Å²) in [6.45, 7) is 2.40. The minimum atomic E-state index is -0.372. The highest BCUT2D eigenvalue weighted by atomic mass is 19.1. The first-order chi connectivity index (χ1) is 15.5. The summed E-state index contributed by atoms with van der Waals surface area (Å²) in [5.74, 6) is 1.22. The summed E-state index contributed by atoms with van der Waals surface area (Å²) in [4.78, 5) is 17.7. The average Bonchev–Trinajstić information content (AvgIpc) is 3.18. The van der Waals surface area contributed by atoms with E-state index in [9.17, 15) is 9.18 Å². The van der Waals surface area contributed by atoms with E-state index in [1.54, 1.807) is 37.4 Å². The number of carbonyl (C=O) groups is 1. The molecule has 3 aromatic carbocycles. The number of methoxy groups -OCH3 is 2. The van der Waals surface area contributed by atoms with Crippen molar-refractivity contribution >= 4 is 16.9 Å². The minimum Gasteiger partial charge on any atom is -0.493 e. The van der Waals surface area contributed by atoms with Crippen molar-refractivity contribution < 1.29 is 18.7 Å². The number of nitrogens with zero attached hydrogens (tertiary/aromatic N) is 2. The number of imidazole rings is 1. The Balaban J connectivity index is 1.64. The average molecular weight is 433 g/mol. The van der Waals surface area contributed by atoms with Crippen LogP contribution in [-0.2, 0) is 6.54 Å². The van der Waals surface area contributed by atoms with E-state index >= 15 is 0 Å². The zero-order chi connectivity index (χ0) is 22.7. The zero-order valence-electron chi connectivity index (χ0n) is 18.1. The van der Waals surface area contributed by atoms with Crippen molar-refractivity contribution in [3.05, 3.63) is 89.5 Å². The smallest absolute Gasteiger partial charge is 0.251 e. The van der Waals surface area contributed by atoms with Gasteiger partial charge in [0, 0.05) is 12.1 Å². The highest BCUT2D eigenvalue weighted by Crippen LogP contribution is 2.28. The van der Waals surface area contributed by atoms with Crippen molar-refractivity contribution in [3.63, 3.8) is 0 Å². The summed E-state index contributed by atoms with van der Waals surface area (Å²) < 4.78 is 25.9. The Morgan fingerprint density at radius 2 is 1.75 bits per heavy atom. The van der Waals surface area contributed by atoms with Gasteiger partial charge in [0.2, 0.25) is 0 Å². The van der Waals surface area contributed by atoms with Gasteiger partial charge in [0.05, 0.1) is 31.3 Å². The molecule has 7 heteroatoms. The molecule has 1 aromatic heterocycles. The second kappa shape index (κ2) is 9.09. The molecule has 0 fully saturated rings. The highest BCUT2D eigenvalue weighted by Gasteiger charge is 2.20. The van der Waals surface area contributed by atoms with E-state index in [2.05, 4.69) is 5.32 Å². The van der Waals surface area contributed by atoms with Crippen molar-refractivity contribution in [3.8, 4) is 11.5 Å². The maximum Gasteiger partial charge on any atom is 0.251 e. The monoisotopic (exact) mass is 433 g/mol. The van der Waals surface area contributed by atoms with Crippen molar-refractivity contribution in [2.75, 3.05) is 14.2 Å². The predicted molar refractivity (Wildman–Crippen MR) is 121 cm³/mol. The number of rotatable bonds is 7. The quantitative estimate of drug-likeness (QED) is 0.458. The molecule has 32 heavy (non-hydrogen) atoms. The first-order valence-electron chi connectivity index (χ1n) is 10.2. The van der Waals surface area contributed by atoms with Crippen molar-refractivity contribution in [1.82, 2.24) is 14.9 Å². The van der Waals surface area contributed by atoms with Gasteiger partial charge in [-0.05, 0) is 55.0 Å². The van der Waals surface area contributed by atoms with Crippen LogP contribution in [0.4, 0.5) is 4.39 Å². The third-order valence-electron chi connectivity index (χ3n) is 5.32. The van der Waals surface area contributed by atoms with Gasteiger partial charge in [0.1, 0.15) is 11.6 Å². The Kier molecular flexibility index (Phi) is 6.07. The van der Waals surface area contributed by atoms with Crippen molar-refractivity contribution in [1.29, 1.82) is 0 Å². The van der Waals surface area contributed by atoms with Crippen molar-refractivity contribution in [2.45, 2.75) is 19.5 Å². The van der Waals surface area contributed by atoms with Crippen LogP contribution in [0.5, 0.6) is 11.5 Å². The number of para-hydroxylation sites is 2. The molecule has 0 aliphatic rings. The van der Waals surface area contributed by atoms with E-state index in [0.29, 0.717) is 29.4 Å². The maximum absolute atomic E-state index is 13.3. The fourth-order valence-corrected chi connectivity index (χ4v) is 3.69. The Labute approximate surface area is 185 Å². The van der Waals surface area contributed by atoms with Crippen LogP contribution in [0.2, 0.25) is 0 Å². The largest absolute Gasteiger partial charge is 0.493 e. The molecule has 0 aliphatic carbocycles. The van der Waals surface area contributed by atoms with Crippen LogP contribution >= 0.6 is 0 Å². The van der Waals surface area contributed by atoms with Gasteiger partial charge in [-0.1, -0.05) is 24.3 Å². The molecule has 0 saturated carbocycles. The molecule has 0 saturated heterocycles. The molecule has 0 spiro atoms. The number of hydrogen-bond acceptors (Lipinski definition) is 4. The molecule has 1 atom stereocenters. The summed E-state index contributed by atoms with van der Waals surface area (Å²) in [5.41, 5.74) is 3.17. The van der Waals surface area contributed by atoms with Crippen LogP contribution in [0, 0.1) is 5.82 Å². The van der Waals surface area contributed by atoms with E-state index in [-0.39, 0.29) is 17.8 Å². The lowest BCUT2D eigenvalue weighted by atomic mass is 10.1. The van der Waals surface area contributed by atoms with Gasteiger partial charge in [0.15, 0.2) is 11.5 Å². The molecule has 6 nitrogen and oxygen atoms in total. The number of amides is 1. The zero-order valence-corrected chi connectivity index (χ0v) is 18.1. The van der Waals surface area contributed by atoms with Crippen LogP contribution < -0.4 is 14.8 Å². The molecule has 0 bridgehead atoms. The molecule has 0 radical (unpaired) electrons. The number of nitrogens with one attached hydrogen (secondary N) is 1. The third-order valence-corrected chi connectivity index (χ3v) is 5.32. The van der Waals surface area contributed by atoms with Crippen LogP contribution in [-0.4, -0.2) is 29.7 Å². The first kappa shape index (κ1) is 21.4. The number of carbonyl (C=O) groups excluding carboxylic acids is 1. The van der Waals surface area contributed by atoms with Crippen LogP contribution in [0.15, 0.2) is 66.7 Å². The molecule has 1 amide bonds.